The van der Waals surface area contributed by atoms with Crippen molar-refractivity contribution in [3.05, 3.63) is 59.7 Å². The minimum Gasteiger partial charge on any atom is -0.0654 e. The SMILES string of the molecule is CCCCCC1CCC(c2ccc(-c3ccc(C4CCC(CC)CC4)cc3)cc2)CC1.[B].[B].[B].[B]. The minimum absolute atomic E-state index is 0. The summed E-state index contributed by atoms with van der Waals surface area (Å²) < 4.78 is 0. The maximum Gasteiger partial charge on any atom is 0 e. The van der Waals surface area contributed by atoms with Crippen LogP contribution in [0.4, 0.5) is 0 Å². The summed E-state index contributed by atoms with van der Waals surface area (Å²) in [5.41, 5.74) is 5.88. The Hall–Kier alpha value is -1.30. The summed E-state index contributed by atoms with van der Waals surface area (Å²) in [5, 5.41) is 0. The monoisotopic (exact) mass is 460 g/mol. The number of benzene rings is 2. The lowest BCUT2D eigenvalue weighted by Crippen LogP contribution is -2.13. The molecule has 0 unspecified atom stereocenters. The zero-order valence-corrected chi connectivity index (χ0v) is 22.4. The van der Waals surface area contributed by atoms with Crippen molar-refractivity contribution in [2.75, 3.05) is 0 Å². The van der Waals surface area contributed by atoms with E-state index >= 15 is 0 Å². The third-order valence-electron chi connectivity index (χ3n) is 8.58. The van der Waals surface area contributed by atoms with Gasteiger partial charge in [-0.05, 0) is 97.3 Å². The number of hydrogen-bond donors (Lipinski definition) is 0. The molecule has 0 spiro atoms. The fourth-order valence-corrected chi connectivity index (χ4v) is 6.27. The summed E-state index contributed by atoms with van der Waals surface area (Å²) in [7, 11) is 0. The van der Waals surface area contributed by atoms with Gasteiger partial charge in [-0.3, -0.25) is 0 Å². The molecule has 0 amide bonds. The topological polar surface area (TPSA) is 0 Å². The van der Waals surface area contributed by atoms with E-state index in [4.69, 9.17) is 0 Å². The largest absolute Gasteiger partial charge is 0.0654 e. The predicted octanol–water partition coefficient (Wildman–Crippen LogP) is 8.37. The fraction of sp³-hybridized carbons (Fsp3) is 0.613. The Kier molecular flexibility index (Phi) is 16.6. The molecular formula is C31H44B4. The molecule has 2 aromatic carbocycles. The Balaban J connectivity index is 0.00000289. The van der Waals surface area contributed by atoms with Gasteiger partial charge >= 0.3 is 0 Å². The molecule has 0 saturated heterocycles. The average Bonchev–Trinajstić information content (AvgIpc) is 2.85. The molecule has 4 rings (SSSR count). The van der Waals surface area contributed by atoms with E-state index < -0.39 is 0 Å². The van der Waals surface area contributed by atoms with Gasteiger partial charge in [-0.2, -0.15) is 0 Å². The van der Waals surface area contributed by atoms with Crippen LogP contribution in [0.15, 0.2) is 48.5 Å². The van der Waals surface area contributed by atoms with Crippen molar-refractivity contribution in [2.24, 2.45) is 11.8 Å². The first-order valence-corrected chi connectivity index (χ1v) is 13.5. The van der Waals surface area contributed by atoms with E-state index in [1.165, 1.54) is 94.6 Å². The van der Waals surface area contributed by atoms with Crippen LogP contribution < -0.4 is 0 Å². The van der Waals surface area contributed by atoms with Crippen LogP contribution in [0.2, 0.25) is 0 Å². The summed E-state index contributed by atoms with van der Waals surface area (Å²) >= 11 is 0. The summed E-state index contributed by atoms with van der Waals surface area (Å²) in [6, 6.07) is 19.1. The van der Waals surface area contributed by atoms with Crippen molar-refractivity contribution in [3.8, 4) is 11.1 Å². The van der Waals surface area contributed by atoms with Gasteiger partial charge in [0.2, 0.25) is 0 Å². The molecule has 0 nitrogen and oxygen atoms in total. The second-order valence-electron chi connectivity index (χ2n) is 10.6. The highest BCUT2D eigenvalue weighted by molar-refractivity contribution is 5.76. The zero-order valence-electron chi connectivity index (χ0n) is 22.4. The maximum absolute atomic E-state index is 2.41. The van der Waals surface area contributed by atoms with E-state index in [0.29, 0.717) is 0 Å². The Bertz CT molecular complexity index is 771. The normalized spacial score (nSPS) is 23.6. The zero-order chi connectivity index (χ0) is 21.5. The van der Waals surface area contributed by atoms with Gasteiger partial charge in [-0.1, -0.05) is 94.5 Å². The molecule has 0 aliphatic heterocycles. The smallest absolute Gasteiger partial charge is 0 e. The lowest BCUT2D eigenvalue weighted by atomic mass is 9.77. The highest BCUT2D eigenvalue weighted by Gasteiger charge is 2.23. The molecule has 0 N–H and O–H groups in total. The first-order chi connectivity index (χ1) is 15.3. The molecule has 2 aromatic rings. The molecular weight excluding hydrogens is 416 g/mol. The molecule has 0 heterocycles. The molecule has 4 heteroatoms. The first-order valence-electron chi connectivity index (χ1n) is 13.5. The number of hydrogen-bond acceptors (Lipinski definition) is 0. The summed E-state index contributed by atoms with van der Waals surface area (Å²) in [6.45, 7) is 4.66. The van der Waals surface area contributed by atoms with Crippen molar-refractivity contribution in [1.29, 1.82) is 0 Å². The van der Waals surface area contributed by atoms with Crippen molar-refractivity contribution in [3.63, 3.8) is 0 Å². The summed E-state index contributed by atoms with van der Waals surface area (Å²) in [6.07, 6.45) is 18.3. The van der Waals surface area contributed by atoms with Crippen LogP contribution in [-0.4, -0.2) is 33.7 Å². The van der Waals surface area contributed by atoms with E-state index in [1.54, 1.807) is 11.1 Å². The molecule has 0 aromatic heterocycles. The van der Waals surface area contributed by atoms with Crippen LogP contribution in [0.5, 0.6) is 0 Å². The fourth-order valence-electron chi connectivity index (χ4n) is 6.27. The van der Waals surface area contributed by atoms with Crippen LogP contribution in [-0.2, 0) is 0 Å². The van der Waals surface area contributed by atoms with Crippen LogP contribution in [0.3, 0.4) is 0 Å². The average molecular weight is 460 g/mol. The molecule has 12 radical (unpaired) electrons. The Morgan fingerprint density at radius 1 is 0.514 bits per heavy atom. The van der Waals surface area contributed by atoms with Gasteiger partial charge in [0.05, 0.1) is 0 Å². The molecule has 35 heavy (non-hydrogen) atoms. The Morgan fingerprint density at radius 2 is 0.914 bits per heavy atom. The third kappa shape index (κ3) is 9.26. The lowest BCUT2D eigenvalue weighted by molar-refractivity contribution is 0.303. The van der Waals surface area contributed by atoms with Crippen LogP contribution in [0, 0.1) is 11.8 Å². The van der Waals surface area contributed by atoms with Crippen molar-refractivity contribution in [2.45, 2.75) is 109 Å². The summed E-state index contributed by atoms with van der Waals surface area (Å²) in [4.78, 5) is 0. The molecule has 2 fully saturated rings. The van der Waals surface area contributed by atoms with Gasteiger partial charge < -0.3 is 0 Å². The quantitative estimate of drug-likeness (QED) is 0.275. The lowest BCUT2D eigenvalue weighted by Gasteiger charge is -2.29. The van der Waals surface area contributed by atoms with Crippen molar-refractivity contribution in [1.82, 2.24) is 0 Å². The van der Waals surface area contributed by atoms with E-state index in [0.717, 1.165) is 23.7 Å². The van der Waals surface area contributed by atoms with Gasteiger partial charge in [-0.25, -0.2) is 0 Å². The van der Waals surface area contributed by atoms with Crippen LogP contribution in [0.1, 0.15) is 120 Å². The van der Waals surface area contributed by atoms with Crippen LogP contribution >= 0.6 is 0 Å². The highest BCUT2D eigenvalue weighted by atomic mass is 14.3. The van der Waals surface area contributed by atoms with Gasteiger partial charge in [0.25, 0.3) is 0 Å². The minimum atomic E-state index is 0. The molecule has 180 valence electrons. The van der Waals surface area contributed by atoms with Gasteiger partial charge in [0, 0.05) is 33.7 Å². The van der Waals surface area contributed by atoms with E-state index in [2.05, 4.69) is 62.4 Å². The second-order valence-corrected chi connectivity index (χ2v) is 10.6. The highest BCUT2D eigenvalue weighted by Crippen LogP contribution is 2.39. The Morgan fingerprint density at radius 3 is 1.29 bits per heavy atom. The predicted molar refractivity (Wildman–Crippen MR) is 159 cm³/mol. The molecule has 2 saturated carbocycles. The molecule has 2 aliphatic rings. The van der Waals surface area contributed by atoms with Gasteiger partial charge in [-0.15, -0.1) is 0 Å². The van der Waals surface area contributed by atoms with E-state index in [1.807, 2.05) is 0 Å². The second kappa shape index (κ2) is 17.2. The molecule has 0 atom stereocenters. The van der Waals surface area contributed by atoms with E-state index in [-0.39, 0.29) is 33.7 Å². The van der Waals surface area contributed by atoms with Gasteiger partial charge in [0.1, 0.15) is 0 Å². The number of rotatable bonds is 8. The first kappa shape index (κ1) is 33.7. The number of unbranched alkanes of at least 4 members (excludes halogenated alkanes) is 2. The van der Waals surface area contributed by atoms with E-state index in [9.17, 15) is 0 Å². The van der Waals surface area contributed by atoms with Crippen molar-refractivity contribution < 1.29 is 0 Å². The summed E-state index contributed by atoms with van der Waals surface area (Å²) in [5.74, 6) is 3.55. The molecule has 0 bridgehead atoms. The molecule has 2 aliphatic carbocycles. The Labute approximate surface area is 225 Å². The van der Waals surface area contributed by atoms with Crippen molar-refractivity contribution >= 4 is 33.7 Å². The third-order valence-corrected chi connectivity index (χ3v) is 8.58. The standard InChI is InChI=1S/C31H44.4B/c1-3-5-6-7-25-10-14-27(15-11-25)29-18-22-31(23-19-29)30-20-16-28(17-21-30)26-12-8-24(4-2)9-13-26;;;;/h16-27H,3-15H2,1-2H3;;;;. The maximum atomic E-state index is 2.41. The van der Waals surface area contributed by atoms with Gasteiger partial charge in [0.15, 0.2) is 0 Å². The van der Waals surface area contributed by atoms with Crippen LogP contribution in [0.25, 0.3) is 11.1 Å².